The number of likely N-dealkylation sites (tertiary alicyclic amines) is 1. The van der Waals surface area contributed by atoms with Crippen molar-refractivity contribution in [1.29, 1.82) is 5.26 Å². The summed E-state index contributed by atoms with van der Waals surface area (Å²) in [5.74, 6) is 1.68. The standard InChI is InChI=1S/C27H28N4O3/c1-4-24(32)31-13-12-27(16-31)11-10-20-21(6-5-7-22(20)27)25-29-26(34-30-25)18-8-9-23(33-17(2)3)19(14-18)15-28/h5-9,14,17H,4,10-13,16H2,1-3H3. The van der Waals surface area contributed by atoms with E-state index in [0.717, 1.165) is 37.9 Å². The summed E-state index contributed by atoms with van der Waals surface area (Å²) in [5.41, 5.74) is 4.67. The molecule has 7 heteroatoms. The topological polar surface area (TPSA) is 92.3 Å². The zero-order valence-electron chi connectivity index (χ0n) is 19.8. The van der Waals surface area contributed by atoms with E-state index in [1.807, 2.05) is 43.9 Å². The Hall–Kier alpha value is -3.66. The Balaban J connectivity index is 1.45. The largest absolute Gasteiger partial charge is 0.490 e. The van der Waals surface area contributed by atoms with Crippen molar-refractivity contribution in [2.24, 2.45) is 0 Å². The first-order chi connectivity index (χ1) is 16.4. The molecule has 1 atom stereocenters. The van der Waals surface area contributed by atoms with Crippen molar-refractivity contribution >= 4 is 5.91 Å². The molecule has 1 aromatic heterocycles. The van der Waals surface area contributed by atoms with E-state index >= 15 is 0 Å². The van der Waals surface area contributed by atoms with Crippen LogP contribution in [0.3, 0.4) is 0 Å². The first-order valence-corrected chi connectivity index (χ1v) is 11.9. The fourth-order valence-electron chi connectivity index (χ4n) is 5.35. The SMILES string of the molecule is CCC(=O)N1CCC2(CCc3c(-c4noc(-c5ccc(OC(C)C)c(C#N)c5)n4)cccc32)C1. The lowest BCUT2D eigenvalue weighted by molar-refractivity contribution is -0.130. The molecule has 1 spiro atoms. The molecule has 1 aliphatic heterocycles. The normalized spacial score (nSPS) is 19.0. The molecule has 2 aromatic carbocycles. The highest BCUT2D eigenvalue weighted by Gasteiger charge is 2.45. The Morgan fingerprint density at radius 2 is 2.15 bits per heavy atom. The van der Waals surface area contributed by atoms with Crippen molar-refractivity contribution in [3.8, 4) is 34.7 Å². The third-order valence-corrected chi connectivity index (χ3v) is 6.99. The van der Waals surface area contributed by atoms with Gasteiger partial charge in [-0.1, -0.05) is 30.3 Å². The smallest absolute Gasteiger partial charge is 0.258 e. The zero-order valence-corrected chi connectivity index (χ0v) is 19.8. The minimum absolute atomic E-state index is 0.0245. The van der Waals surface area contributed by atoms with Gasteiger partial charge in [0, 0.05) is 36.1 Å². The summed E-state index contributed by atoms with van der Waals surface area (Å²) in [6.45, 7) is 7.38. The molecule has 1 fully saturated rings. The molecule has 1 amide bonds. The van der Waals surface area contributed by atoms with Crippen LogP contribution in [0.2, 0.25) is 0 Å². The predicted octanol–water partition coefficient (Wildman–Crippen LogP) is 4.89. The van der Waals surface area contributed by atoms with E-state index in [2.05, 4.69) is 22.3 Å². The van der Waals surface area contributed by atoms with Crippen LogP contribution in [0, 0.1) is 11.3 Å². The van der Waals surface area contributed by atoms with Crippen LogP contribution in [0.5, 0.6) is 5.75 Å². The Labute approximate surface area is 199 Å². The van der Waals surface area contributed by atoms with Gasteiger partial charge in [0.15, 0.2) is 0 Å². The monoisotopic (exact) mass is 456 g/mol. The maximum atomic E-state index is 12.3. The molecule has 0 N–H and O–H groups in total. The fourth-order valence-corrected chi connectivity index (χ4v) is 5.35. The third-order valence-electron chi connectivity index (χ3n) is 6.99. The Morgan fingerprint density at radius 3 is 2.91 bits per heavy atom. The second-order valence-corrected chi connectivity index (χ2v) is 9.44. The van der Waals surface area contributed by atoms with Gasteiger partial charge >= 0.3 is 0 Å². The average Bonchev–Trinajstić information content (AvgIpc) is 3.58. The summed E-state index contributed by atoms with van der Waals surface area (Å²) in [6.07, 6.45) is 3.48. The number of benzene rings is 2. The molecule has 2 heterocycles. The first kappa shape index (κ1) is 22.1. The van der Waals surface area contributed by atoms with Gasteiger partial charge in [0.2, 0.25) is 11.7 Å². The van der Waals surface area contributed by atoms with Crippen molar-refractivity contribution < 1.29 is 14.1 Å². The summed E-state index contributed by atoms with van der Waals surface area (Å²) in [5, 5.41) is 13.8. The number of fused-ring (bicyclic) bond motifs is 2. The number of carbonyl (C=O) groups excluding carboxylic acids is 1. The Kier molecular flexibility index (Phi) is 5.60. The van der Waals surface area contributed by atoms with Gasteiger partial charge in [-0.15, -0.1) is 0 Å². The number of nitrogens with zero attached hydrogens (tertiary/aromatic N) is 4. The summed E-state index contributed by atoms with van der Waals surface area (Å²) in [4.78, 5) is 19.0. The summed E-state index contributed by atoms with van der Waals surface area (Å²) in [7, 11) is 0. The van der Waals surface area contributed by atoms with Crippen molar-refractivity contribution in [3.63, 3.8) is 0 Å². The van der Waals surface area contributed by atoms with Crippen LogP contribution >= 0.6 is 0 Å². The van der Waals surface area contributed by atoms with Crippen molar-refractivity contribution in [2.45, 2.75) is 58.0 Å². The molecule has 34 heavy (non-hydrogen) atoms. The lowest BCUT2D eigenvalue weighted by Gasteiger charge is -2.25. The molecule has 1 aliphatic carbocycles. The third kappa shape index (κ3) is 3.73. The lowest BCUT2D eigenvalue weighted by Crippen LogP contribution is -2.32. The van der Waals surface area contributed by atoms with Gasteiger partial charge in [-0.05, 0) is 62.4 Å². The molecule has 0 radical (unpaired) electrons. The molecule has 5 rings (SSSR count). The minimum atomic E-state index is -0.0246. The van der Waals surface area contributed by atoms with E-state index in [1.165, 1.54) is 11.1 Å². The highest BCUT2D eigenvalue weighted by atomic mass is 16.5. The van der Waals surface area contributed by atoms with E-state index < -0.39 is 0 Å². The Bertz CT molecular complexity index is 1290. The molecule has 3 aromatic rings. The maximum Gasteiger partial charge on any atom is 0.258 e. The number of hydrogen-bond donors (Lipinski definition) is 0. The van der Waals surface area contributed by atoms with Gasteiger partial charge in [0.25, 0.3) is 5.89 Å². The van der Waals surface area contributed by atoms with Crippen LogP contribution in [0.25, 0.3) is 22.8 Å². The second kappa shape index (κ2) is 8.60. The molecule has 0 bridgehead atoms. The van der Waals surface area contributed by atoms with E-state index in [0.29, 0.717) is 35.0 Å². The number of aromatic nitrogens is 2. The van der Waals surface area contributed by atoms with Crippen LogP contribution in [-0.4, -0.2) is 40.1 Å². The number of ether oxygens (including phenoxy) is 1. The number of hydrogen-bond acceptors (Lipinski definition) is 6. The molecule has 0 saturated carbocycles. The van der Waals surface area contributed by atoms with Crippen molar-refractivity contribution in [2.75, 3.05) is 13.1 Å². The minimum Gasteiger partial charge on any atom is -0.490 e. The highest BCUT2D eigenvalue weighted by molar-refractivity contribution is 5.77. The van der Waals surface area contributed by atoms with Gasteiger partial charge in [0.1, 0.15) is 11.8 Å². The van der Waals surface area contributed by atoms with Crippen LogP contribution in [-0.2, 0) is 16.6 Å². The lowest BCUT2D eigenvalue weighted by atomic mass is 9.81. The molecule has 174 valence electrons. The van der Waals surface area contributed by atoms with E-state index in [-0.39, 0.29) is 17.4 Å². The van der Waals surface area contributed by atoms with Crippen LogP contribution in [0.1, 0.15) is 56.7 Å². The molecule has 2 aliphatic rings. The van der Waals surface area contributed by atoms with Crippen LogP contribution in [0.4, 0.5) is 0 Å². The summed E-state index contributed by atoms with van der Waals surface area (Å²) in [6, 6.07) is 13.8. The molecule has 1 unspecified atom stereocenters. The van der Waals surface area contributed by atoms with Crippen molar-refractivity contribution in [1.82, 2.24) is 15.0 Å². The molecule has 1 saturated heterocycles. The van der Waals surface area contributed by atoms with E-state index in [9.17, 15) is 10.1 Å². The van der Waals surface area contributed by atoms with Gasteiger partial charge in [-0.25, -0.2) is 0 Å². The summed E-state index contributed by atoms with van der Waals surface area (Å²) < 4.78 is 11.3. The van der Waals surface area contributed by atoms with E-state index in [1.54, 1.807) is 12.1 Å². The summed E-state index contributed by atoms with van der Waals surface area (Å²) >= 11 is 0. The predicted molar refractivity (Wildman–Crippen MR) is 127 cm³/mol. The van der Waals surface area contributed by atoms with Crippen molar-refractivity contribution in [3.05, 3.63) is 53.1 Å². The second-order valence-electron chi connectivity index (χ2n) is 9.44. The number of nitriles is 1. The van der Waals surface area contributed by atoms with Crippen LogP contribution < -0.4 is 4.74 Å². The van der Waals surface area contributed by atoms with Gasteiger partial charge < -0.3 is 14.2 Å². The number of amides is 1. The Morgan fingerprint density at radius 1 is 1.29 bits per heavy atom. The average molecular weight is 457 g/mol. The number of rotatable bonds is 5. The van der Waals surface area contributed by atoms with E-state index in [4.69, 9.17) is 9.26 Å². The molecular weight excluding hydrogens is 428 g/mol. The number of carbonyl (C=O) groups is 1. The maximum absolute atomic E-state index is 12.3. The molecule has 7 nitrogen and oxygen atoms in total. The first-order valence-electron chi connectivity index (χ1n) is 11.9. The van der Waals surface area contributed by atoms with Gasteiger partial charge in [0.05, 0.1) is 11.7 Å². The highest BCUT2D eigenvalue weighted by Crippen LogP contribution is 2.48. The van der Waals surface area contributed by atoms with Gasteiger partial charge in [-0.2, -0.15) is 10.2 Å². The van der Waals surface area contributed by atoms with Gasteiger partial charge in [-0.3, -0.25) is 4.79 Å². The molecular formula is C27H28N4O3. The van der Waals surface area contributed by atoms with Crippen LogP contribution in [0.15, 0.2) is 40.9 Å². The zero-order chi connectivity index (χ0) is 23.9. The fraction of sp³-hybridized carbons (Fsp3) is 0.407. The quantitative estimate of drug-likeness (QED) is 0.543.